The first-order chi connectivity index (χ1) is 14.3. The average Bonchev–Trinajstić information content (AvgIpc) is 3.35. The van der Waals surface area contributed by atoms with E-state index in [1.54, 1.807) is 29.8 Å². The van der Waals surface area contributed by atoms with Gasteiger partial charge in [-0.3, -0.25) is 0 Å². The van der Waals surface area contributed by atoms with Crippen molar-refractivity contribution < 1.29 is 4.74 Å². The molecule has 0 saturated heterocycles. The molecule has 0 atom stereocenters. The fraction of sp³-hybridized carbons (Fsp3) is 0.250. The van der Waals surface area contributed by atoms with Crippen LogP contribution in [0.4, 0.5) is 0 Å². The van der Waals surface area contributed by atoms with E-state index in [0.717, 1.165) is 44.8 Å². The molecule has 0 spiro atoms. The Bertz CT molecular complexity index is 1210. The Hall–Kier alpha value is -2.68. The van der Waals surface area contributed by atoms with Crippen molar-refractivity contribution in [1.29, 1.82) is 5.26 Å². The van der Waals surface area contributed by atoms with Crippen LogP contribution in [0, 0.1) is 11.3 Å². The molecule has 1 aliphatic carbocycles. The van der Waals surface area contributed by atoms with E-state index in [1.807, 2.05) is 24.3 Å². The highest BCUT2D eigenvalue weighted by molar-refractivity contribution is 7.22. The third-order valence-electron chi connectivity index (χ3n) is 5.60. The van der Waals surface area contributed by atoms with Crippen molar-refractivity contribution in [3.63, 3.8) is 0 Å². The van der Waals surface area contributed by atoms with Gasteiger partial charge in [-0.15, -0.1) is 22.7 Å². The normalized spacial score (nSPS) is 13.7. The number of nitriles is 1. The first-order valence-corrected chi connectivity index (χ1v) is 11.6. The zero-order valence-electron chi connectivity index (χ0n) is 16.2. The maximum Gasteiger partial charge on any atom is 0.126 e. The van der Waals surface area contributed by atoms with Gasteiger partial charge in [0.05, 0.1) is 17.6 Å². The number of fused-ring (bicyclic) bond motifs is 2. The van der Waals surface area contributed by atoms with Crippen LogP contribution in [0.15, 0.2) is 41.8 Å². The molecule has 3 nitrogen and oxygen atoms in total. The van der Waals surface area contributed by atoms with Crippen molar-refractivity contribution in [1.82, 2.24) is 4.98 Å². The van der Waals surface area contributed by atoms with Gasteiger partial charge < -0.3 is 4.74 Å². The van der Waals surface area contributed by atoms with Gasteiger partial charge in [0.1, 0.15) is 16.6 Å². The van der Waals surface area contributed by atoms with E-state index in [9.17, 15) is 5.26 Å². The lowest BCUT2D eigenvalue weighted by molar-refractivity contribution is 0.415. The lowest BCUT2D eigenvalue weighted by Gasteiger charge is -2.13. The van der Waals surface area contributed by atoms with E-state index >= 15 is 0 Å². The molecule has 0 fully saturated rings. The molecule has 0 aliphatic heterocycles. The standard InChI is InChI=1S/C24H20N2OS2/c1-27-16-11-9-15(10-12-16)23-18(14-25)22-21(20-8-5-13-28-20)17-6-3-2-4-7-19(17)26-24(22)29-23/h5,8-13H,2-4,6-7H2,1H3. The van der Waals surface area contributed by atoms with E-state index in [1.165, 1.54) is 41.0 Å². The quantitative estimate of drug-likeness (QED) is 0.343. The topological polar surface area (TPSA) is 45.9 Å². The van der Waals surface area contributed by atoms with Gasteiger partial charge in [-0.2, -0.15) is 5.26 Å². The molecule has 3 heterocycles. The van der Waals surface area contributed by atoms with E-state index in [2.05, 4.69) is 23.6 Å². The number of aryl methyl sites for hydroxylation is 1. The van der Waals surface area contributed by atoms with Crippen molar-refractivity contribution in [3.05, 3.63) is 58.6 Å². The molecule has 0 amide bonds. The highest BCUT2D eigenvalue weighted by Crippen LogP contribution is 2.46. The molecular formula is C24H20N2OS2. The average molecular weight is 417 g/mol. The fourth-order valence-electron chi connectivity index (χ4n) is 4.21. The van der Waals surface area contributed by atoms with Crippen LogP contribution in [-0.2, 0) is 12.8 Å². The Balaban J connectivity index is 1.83. The van der Waals surface area contributed by atoms with E-state index in [-0.39, 0.29) is 0 Å². The molecule has 3 aromatic heterocycles. The second-order valence-electron chi connectivity index (χ2n) is 7.28. The van der Waals surface area contributed by atoms with Gasteiger partial charge in [-0.25, -0.2) is 4.98 Å². The third kappa shape index (κ3) is 3.13. The second kappa shape index (κ2) is 7.62. The predicted octanol–water partition coefficient (Wildman–Crippen LogP) is 6.84. The van der Waals surface area contributed by atoms with Gasteiger partial charge in [-0.1, -0.05) is 12.5 Å². The lowest BCUT2D eigenvalue weighted by Crippen LogP contribution is -1.99. The minimum Gasteiger partial charge on any atom is -0.497 e. The molecule has 29 heavy (non-hydrogen) atoms. The number of rotatable bonds is 3. The van der Waals surface area contributed by atoms with Crippen LogP contribution in [0.3, 0.4) is 0 Å². The van der Waals surface area contributed by atoms with Crippen LogP contribution < -0.4 is 4.74 Å². The first kappa shape index (κ1) is 18.4. The van der Waals surface area contributed by atoms with Gasteiger partial charge >= 0.3 is 0 Å². The Kier molecular flexibility index (Phi) is 4.83. The minimum atomic E-state index is 0.748. The highest BCUT2D eigenvalue weighted by Gasteiger charge is 2.25. The van der Waals surface area contributed by atoms with E-state index in [0.29, 0.717) is 0 Å². The summed E-state index contributed by atoms with van der Waals surface area (Å²) in [5, 5.41) is 13.3. The number of hydrogen-bond acceptors (Lipinski definition) is 5. The molecule has 0 radical (unpaired) electrons. The van der Waals surface area contributed by atoms with Crippen LogP contribution in [0.25, 0.3) is 31.1 Å². The third-order valence-corrected chi connectivity index (χ3v) is 7.62. The number of methoxy groups -OCH3 is 1. The number of nitrogens with zero attached hydrogens (tertiary/aromatic N) is 2. The monoisotopic (exact) mass is 416 g/mol. The summed E-state index contributed by atoms with van der Waals surface area (Å²) in [7, 11) is 1.67. The van der Waals surface area contributed by atoms with Gasteiger partial charge in [-0.05, 0) is 72.5 Å². The fourth-order valence-corrected chi connectivity index (χ4v) is 6.17. The molecule has 144 valence electrons. The molecule has 5 rings (SSSR count). The van der Waals surface area contributed by atoms with E-state index < -0.39 is 0 Å². The summed E-state index contributed by atoms with van der Waals surface area (Å²) in [5.74, 6) is 0.817. The smallest absolute Gasteiger partial charge is 0.126 e. The summed E-state index contributed by atoms with van der Waals surface area (Å²) in [6.07, 6.45) is 5.70. The number of ether oxygens (including phenoxy) is 1. The maximum absolute atomic E-state index is 10.2. The van der Waals surface area contributed by atoms with Crippen LogP contribution in [0.5, 0.6) is 5.75 Å². The van der Waals surface area contributed by atoms with Gasteiger partial charge in [0.2, 0.25) is 0 Å². The number of pyridine rings is 1. The maximum atomic E-state index is 10.2. The van der Waals surface area contributed by atoms with Crippen molar-refractivity contribution in [2.45, 2.75) is 32.1 Å². The highest BCUT2D eigenvalue weighted by atomic mass is 32.1. The first-order valence-electron chi connectivity index (χ1n) is 9.87. The summed E-state index contributed by atoms with van der Waals surface area (Å²) in [4.78, 5) is 8.30. The lowest BCUT2D eigenvalue weighted by atomic mass is 9.95. The van der Waals surface area contributed by atoms with Crippen LogP contribution in [-0.4, -0.2) is 12.1 Å². The van der Waals surface area contributed by atoms with Gasteiger partial charge in [0, 0.05) is 21.5 Å². The van der Waals surface area contributed by atoms with Crippen LogP contribution in [0.1, 0.15) is 36.1 Å². The number of thiophene rings is 2. The number of aromatic nitrogens is 1. The van der Waals surface area contributed by atoms with Gasteiger partial charge in [0.15, 0.2) is 0 Å². The molecular weight excluding hydrogens is 396 g/mol. The van der Waals surface area contributed by atoms with Crippen LogP contribution in [0.2, 0.25) is 0 Å². The Morgan fingerprint density at radius 3 is 2.62 bits per heavy atom. The number of benzene rings is 1. The molecule has 0 saturated carbocycles. The Labute approximate surface area is 178 Å². The summed E-state index contributed by atoms with van der Waals surface area (Å²) >= 11 is 3.39. The van der Waals surface area contributed by atoms with Crippen molar-refractivity contribution in [3.8, 4) is 32.7 Å². The van der Waals surface area contributed by atoms with E-state index in [4.69, 9.17) is 9.72 Å². The summed E-state index contributed by atoms with van der Waals surface area (Å²) in [6.45, 7) is 0. The Morgan fingerprint density at radius 1 is 1.07 bits per heavy atom. The molecule has 0 bridgehead atoms. The molecule has 0 unspecified atom stereocenters. The zero-order chi connectivity index (χ0) is 19.8. The van der Waals surface area contributed by atoms with Crippen molar-refractivity contribution >= 4 is 32.9 Å². The molecule has 1 aliphatic rings. The molecule has 1 aromatic carbocycles. The molecule has 5 heteroatoms. The summed E-state index contributed by atoms with van der Waals surface area (Å²) in [5.41, 5.74) is 5.61. The zero-order valence-corrected chi connectivity index (χ0v) is 17.8. The Morgan fingerprint density at radius 2 is 1.90 bits per heavy atom. The second-order valence-corrected chi connectivity index (χ2v) is 9.22. The van der Waals surface area contributed by atoms with Crippen molar-refractivity contribution in [2.24, 2.45) is 0 Å². The van der Waals surface area contributed by atoms with Gasteiger partial charge in [0.25, 0.3) is 0 Å². The van der Waals surface area contributed by atoms with Crippen molar-refractivity contribution in [2.75, 3.05) is 7.11 Å². The largest absolute Gasteiger partial charge is 0.497 e. The molecule has 4 aromatic rings. The summed E-state index contributed by atoms with van der Waals surface area (Å²) in [6, 6.07) is 14.7. The minimum absolute atomic E-state index is 0.748. The molecule has 0 N–H and O–H groups in total. The SMILES string of the molecule is COc1ccc(-c2sc3nc4c(c(-c5cccs5)c3c2C#N)CCCCC4)cc1. The summed E-state index contributed by atoms with van der Waals surface area (Å²) < 4.78 is 5.30. The number of hydrogen-bond donors (Lipinski definition) is 0. The van der Waals surface area contributed by atoms with Crippen LogP contribution >= 0.6 is 22.7 Å². The predicted molar refractivity (Wildman–Crippen MR) is 121 cm³/mol.